The second-order valence-electron chi connectivity index (χ2n) is 4.76. The Balaban J connectivity index is 2.29. The normalized spacial score (nSPS) is 15.8. The number of nitrogens with zero attached hydrogens (tertiary/aromatic N) is 1. The van der Waals surface area contributed by atoms with Gasteiger partial charge in [-0.15, -0.1) is 5.06 Å². The molecule has 0 aromatic rings. The topological polar surface area (TPSA) is 102 Å². The summed E-state index contributed by atoms with van der Waals surface area (Å²) in [5.41, 5.74) is 0. The van der Waals surface area contributed by atoms with E-state index < -0.39 is 29.8 Å². The van der Waals surface area contributed by atoms with Crippen LogP contribution in [-0.2, 0) is 24.0 Å². The molecule has 0 aromatic carbocycles. The summed E-state index contributed by atoms with van der Waals surface area (Å²) in [5, 5.41) is 2.90. The van der Waals surface area contributed by atoms with E-state index in [1.54, 1.807) is 0 Å². The van der Waals surface area contributed by atoms with E-state index in [-0.39, 0.29) is 19.4 Å². The lowest BCUT2D eigenvalue weighted by Crippen LogP contribution is -2.38. The molecule has 8 heteroatoms. The molecule has 8 nitrogen and oxygen atoms in total. The van der Waals surface area contributed by atoms with Crippen LogP contribution in [0.1, 0.15) is 39.5 Å². The van der Waals surface area contributed by atoms with Crippen LogP contribution in [0.3, 0.4) is 0 Å². The zero-order valence-electron chi connectivity index (χ0n) is 12.2. The van der Waals surface area contributed by atoms with Crippen molar-refractivity contribution in [3.63, 3.8) is 0 Å². The zero-order chi connectivity index (χ0) is 15.8. The molecule has 0 bridgehead atoms. The number of carbonyl (C=O) groups excluding carboxylic acids is 4. The summed E-state index contributed by atoms with van der Waals surface area (Å²) in [4.78, 5) is 50.3. The van der Waals surface area contributed by atoms with Crippen LogP contribution >= 0.6 is 0 Å². The van der Waals surface area contributed by atoms with Crippen molar-refractivity contribution in [2.24, 2.45) is 5.92 Å². The number of rotatable bonds is 7. The number of amides is 3. The van der Waals surface area contributed by atoms with E-state index in [0.29, 0.717) is 11.7 Å². The van der Waals surface area contributed by atoms with Gasteiger partial charge >= 0.3 is 12.1 Å². The summed E-state index contributed by atoms with van der Waals surface area (Å²) in [6.45, 7) is 3.80. The first-order valence-electron chi connectivity index (χ1n) is 6.94. The van der Waals surface area contributed by atoms with Crippen molar-refractivity contribution in [2.45, 2.75) is 39.5 Å². The van der Waals surface area contributed by atoms with Crippen LogP contribution in [0.15, 0.2) is 0 Å². The molecular weight excluding hydrogens is 280 g/mol. The minimum atomic E-state index is -0.757. The Morgan fingerprint density at radius 3 is 2.48 bits per heavy atom. The zero-order valence-corrected chi connectivity index (χ0v) is 12.2. The van der Waals surface area contributed by atoms with Gasteiger partial charge < -0.3 is 14.9 Å². The Hall–Kier alpha value is -2.12. The van der Waals surface area contributed by atoms with E-state index in [1.165, 1.54) is 6.92 Å². The smallest absolute Gasteiger partial charge is 0.407 e. The molecule has 1 heterocycles. The fourth-order valence-electron chi connectivity index (χ4n) is 1.52. The maximum Gasteiger partial charge on any atom is 0.407 e. The highest BCUT2D eigenvalue weighted by Gasteiger charge is 2.34. The molecule has 1 fully saturated rings. The summed E-state index contributed by atoms with van der Waals surface area (Å²) in [5.74, 6) is -2.53. The van der Waals surface area contributed by atoms with Crippen molar-refractivity contribution in [3.05, 3.63) is 0 Å². The molecular formula is C13H20N2O6. The Kier molecular flexibility index (Phi) is 6.64. The number of hydrogen-bond acceptors (Lipinski definition) is 6. The highest BCUT2D eigenvalue weighted by atomic mass is 16.7. The number of alkyl carbamates (subject to hydrolysis) is 1. The first-order valence-corrected chi connectivity index (χ1v) is 6.94. The molecule has 1 N–H and O–H groups in total. The molecule has 0 aliphatic carbocycles. The standard InChI is InChI=1S/C13H20N2O6/c1-3-4-7-20-13(19)14-8-9(2)12(18)21-15-10(16)5-6-11(15)17/h9H,3-8H2,1-2H3,(H,14,19). The van der Waals surface area contributed by atoms with E-state index in [0.717, 1.165) is 12.8 Å². The fraction of sp³-hybridized carbons (Fsp3) is 0.692. The van der Waals surface area contributed by atoms with Crippen LogP contribution < -0.4 is 5.32 Å². The third-order valence-corrected chi connectivity index (χ3v) is 2.87. The molecule has 0 radical (unpaired) electrons. The van der Waals surface area contributed by atoms with Crippen molar-refractivity contribution in [1.82, 2.24) is 10.4 Å². The number of unbranched alkanes of at least 4 members (excludes halogenated alkanes) is 1. The lowest BCUT2D eigenvalue weighted by atomic mass is 10.2. The van der Waals surface area contributed by atoms with Gasteiger partial charge in [-0.2, -0.15) is 0 Å². The summed E-state index contributed by atoms with van der Waals surface area (Å²) in [6.07, 6.45) is 1.15. The molecule has 1 aliphatic rings. The van der Waals surface area contributed by atoms with Crippen molar-refractivity contribution >= 4 is 23.9 Å². The number of nitrogens with one attached hydrogen (secondary N) is 1. The third-order valence-electron chi connectivity index (χ3n) is 2.87. The molecule has 1 saturated heterocycles. The summed E-state index contributed by atoms with van der Waals surface area (Å²) < 4.78 is 4.86. The van der Waals surface area contributed by atoms with Gasteiger partial charge in [0.15, 0.2) is 0 Å². The number of imide groups is 1. The van der Waals surface area contributed by atoms with Gasteiger partial charge in [-0.25, -0.2) is 9.59 Å². The van der Waals surface area contributed by atoms with Crippen LogP contribution in [0.4, 0.5) is 4.79 Å². The first kappa shape index (κ1) is 16.9. The number of ether oxygens (including phenoxy) is 1. The lowest BCUT2D eigenvalue weighted by Gasteiger charge is -2.16. The number of hydroxylamine groups is 2. The number of hydrogen-bond donors (Lipinski definition) is 1. The van der Waals surface area contributed by atoms with Crippen LogP contribution in [0, 0.1) is 5.92 Å². The molecule has 0 saturated carbocycles. The van der Waals surface area contributed by atoms with Gasteiger partial charge in [-0.3, -0.25) is 9.59 Å². The summed E-state index contributed by atoms with van der Waals surface area (Å²) in [7, 11) is 0. The average molecular weight is 300 g/mol. The average Bonchev–Trinajstić information content (AvgIpc) is 2.76. The van der Waals surface area contributed by atoms with Crippen molar-refractivity contribution in [2.75, 3.05) is 13.2 Å². The van der Waals surface area contributed by atoms with Crippen LogP contribution in [0.25, 0.3) is 0 Å². The molecule has 118 valence electrons. The highest BCUT2D eigenvalue weighted by Crippen LogP contribution is 2.13. The second-order valence-corrected chi connectivity index (χ2v) is 4.76. The Bertz CT molecular complexity index is 407. The largest absolute Gasteiger partial charge is 0.450 e. The highest BCUT2D eigenvalue weighted by molar-refractivity contribution is 6.01. The van der Waals surface area contributed by atoms with E-state index >= 15 is 0 Å². The summed E-state index contributed by atoms with van der Waals surface area (Å²) in [6, 6.07) is 0. The van der Waals surface area contributed by atoms with Crippen LogP contribution in [0.5, 0.6) is 0 Å². The Morgan fingerprint density at radius 2 is 1.90 bits per heavy atom. The molecule has 1 aliphatic heterocycles. The number of carbonyl (C=O) groups is 4. The predicted molar refractivity (Wildman–Crippen MR) is 70.6 cm³/mol. The summed E-state index contributed by atoms with van der Waals surface area (Å²) >= 11 is 0. The van der Waals surface area contributed by atoms with Gasteiger partial charge in [0.05, 0.1) is 12.5 Å². The quantitative estimate of drug-likeness (QED) is 0.550. The van der Waals surface area contributed by atoms with E-state index in [9.17, 15) is 19.2 Å². The molecule has 0 spiro atoms. The van der Waals surface area contributed by atoms with Gasteiger partial charge in [0.1, 0.15) is 0 Å². The third kappa shape index (κ3) is 5.41. The van der Waals surface area contributed by atoms with Gasteiger partial charge in [0, 0.05) is 19.4 Å². The second kappa shape index (κ2) is 8.23. The van der Waals surface area contributed by atoms with Gasteiger partial charge in [0.25, 0.3) is 11.8 Å². The molecule has 3 amide bonds. The molecule has 0 aromatic heterocycles. The first-order chi connectivity index (χ1) is 9.95. The Morgan fingerprint density at radius 1 is 1.29 bits per heavy atom. The van der Waals surface area contributed by atoms with Crippen LogP contribution in [-0.4, -0.2) is 42.1 Å². The minimum Gasteiger partial charge on any atom is -0.450 e. The maximum absolute atomic E-state index is 11.7. The maximum atomic E-state index is 11.7. The fourth-order valence-corrected chi connectivity index (χ4v) is 1.52. The molecule has 21 heavy (non-hydrogen) atoms. The van der Waals surface area contributed by atoms with E-state index in [1.807, 2.05) is 6.92 Å². The monoisotopic (exact) mass is 300 g/mol. The lowest BCUT2D eigenvalue weighted by molar-refractivity contribution is -0.200. The molecule has 1 rings (SSSR count). The van der Waals surface area contributed by atoms with Crippen molar-refractivity contribution in [3.8, 4) is 0 Å². The minimum absolute atomic E-state index is 0.0000125. The SMILES string of the molecule is CCCCOC(=O)NCC(C)C(=O)ON1C(=O)CCC1=O. The predicted octanol–water partition coefficient (Wildman–Crippen LogP) is 0.756. The molecule has 1 unspecified atom stereocenters. The van der Waals surface area contributed by atoms with Crippen LogP contribution in [0.2, 0.25) is 0 Å². The van der Waals surface area contributed by atoms with Gasteiger partial charge in [0.2, 0.25) is 0 Å². The van der Waals surface area contributed by atoms with Crippen molar-refractivity contribution in [1.29, 1.82) is 0 Å². The molecule has 1 atom stereocenters. The van der Waals surface area contributed by atoms with E-state index in [4.69, 9.17) is 9.57 Å². The van der Waals surface area contributed by atoms with Crippen molar-refractivity contribution < 1.29 is 28.8 Å². The van der Waals surface area contributed by atoms with Gasteiger partial charge in [-0.1, -0.05) is 20.3 Å². The van der Waals surface area contributed by atoms with Gasteiger partial charge in [-0.05, 0) is 6.42 Å². The van der Waals surface area contributed by atoms with E-state index in [2.05, 4.69) is 5.32 Å². The Labute approximate surface area is 122 Å².